The molecule has 3 heteroatoms. The number of aryl methyl sites for hydroxylation is 2. The largest absolute Gasteiger partial charge is 0.308 e. The zero-order chi connectivity index (χ0) is 14.7. The van der Waals surface area contributed by atoms with Crippen molar-refractivity contribution in [3.05, 3.63) is 51.5 Å². The predicted octanol–water partition coefficient (Wildman–Crippen LogP) is 4.48. The molecule has 1 N–H and O–H groups in total. The average molecular weight is 300 g/mol. The lowest BCUT2D eigenvalue weighted by Crippen LogP contribution is -2.22. The van der Waals surface area contributed by atoms with E-state index in [4.69, 9.17) is 4.98 Å². The van der Waals surface area contributed by atoms with E-state index in [0.717, 1.165) is 13.0 Å². The maximum absolute atomic E-state index is 4.91. The molecule has 1 aliphatic carbocycles. The van der Waals surface area contributed by atoms with Crippen molar-refractivity contribution in [1.82, 2.24) is 10.3 Å². The van der Waals surface area contributed by atoms with Gasteiger partial charge in [-0.1, -0.05) is 44.2 Å². The number of rotatable bonds is 6. The van der Waals surface area contributed by atoms with Crippen LogP contribution in [0.1, 0.15) is 59.8 Å². The first kappa shape index (κ1) is 14.7. The van der Waals surface area contributed by atoms with E-state index >= 15 is 0 Å². The summed E-state index contributed by atoms with van der Waals surface area (Å²) in [5.74, 6) is 0.550. The Morgan fingerprint density at radius 3 is 2.76 bits per heavy atom. The minimum absolute atomic E-state index is 0.390. The van der Waals surface area contributed by atoms with Crippen LogP contribution in [0.15, 0.2) is 30.3 Å². The highest BCUT2D eigenvalue weighted by Gasteiger charge is 2.23. The maximum Gasteiger partial charge on any atom is 0.110 e. The van der Waals surface area contributed by atoms with E-state index in [9.17, 15) is 0 Å². The summed E-state index contributed by atoms with van der Waals surface area (Å²) in [4.78, 5) is 6.44. The zero-order valence-electron chi connectivity index (χ0n) is 12.9. The molecular weight excluding hydrogens is 276 g/mol. The number of benzene rings is 1. The van der Waals surface area contributed by atoms with Gasteiger partial charge in [0.25, 0.3) is 0 Å². The fraction of sp³-hybridized carbons (Fsp3) is 0.500. The number of aromatic nitrogens is 1. The first-order valence-corrected chi connectivity index (χ1v) is 8.86. The van der Waals surface area contributed by atoms with Gasteiger partial charge in [0.1, 0.15) is 5.01 Å². The molecule has 1 aliphatic rings. The van der Waals surface area contributed by atoms with Crippen molar-refractivity contribution >= 4 is 11.3 Å². The van der Waals surface area contributed by atoms with Gasteiger partial charge in [0.05, 0.1) is 11.7 Å². The molecule has 3 rings (SSSR count). The molecule has 0 bridgehead atoms. The first-order valence-electron chi connectivity index (χ1n) is 8.04. The molecule has 1 aromatic heterocycles. The van der Waals surface area contributed by atoms with Gasteiger partial charge in [0.2, 0.25) is 0 Å². The van der Waals surface area contributed by atoms with Gasteiger partial charge in [-0.25, -0.2) is 4.98 Å². The summed E-state index contributed by atoms with van der Waals surface area (Å²) < 4.78 is 0. The SMILES string of the molecule is CCNC(CC(C)c1ccccc1)c1nc2c(s1)CCC2. The molecule has 1 aromatic carbocycles. The van der Waals surface area contributed by atoms with E-state index in [0.29, 0.717) is 12.0 Å². The van der Waals surface area contributed by atoms with Crippen LogP contribution in [0.3, 0.4) is 0 Å². The average Bonchev–Trinajstić information content (AvgIpc) is 3.09. The second-order valence-corrected chi connectivity index (χ2v) is 7.05. The molecular formula is C18H24N2S. The van der Waals surface area contributed by atoms with Crippen LogP contribution in [0.4, 0.5) is 0 Å². The number of nitrogens with zero attached hydrogens (tertiary/aromatic N) is 1. The summed E-state index contributed by atoms with van der Waals surface area (Å²) in [6.45, 7) is 5.50. The van der Waals surface area contributed by atoms with Crippen LogP contribution in [-0.4, -0.2) is 11.5 Å². The maximum atomic E-state index is 4.91. The molecule has 2 atom stereocenters. The predicted molar refractivity (Wildman–Crippen MR) is 90.0 cm³/mol. The Kier molecular flexibility index (Phi) is 4.71. The minimum Gasteiger partial charge on any atom is -0.308 e. The second kappa shape index (κ2) is 6.71. The van der Waals surface area contributed by atoms with Gasteiger partial charge in [0, 0.05) is 4.88 Å². The molecule has 112 valence electrons. The van der Waals surface area contributed by atoms with E-state index in [-0.39, 0.29) is 0 Å². The second-order valence-electron chi connectivity index (χ2n) is 5.93. The van der Waals surface area contributed by atoms with Crippen molar-refractivity contribution in [2.45, 2.75) is 51.5 Å². The van der Waals surface area contributed by atoms with Gasteiger partial charge >= 0.3 is 0 Å². The number of hydrogen-bond donors (Lipinski definition) is 1. The van der Waals surface area contributed by atoms with Gasteiger partial charge in [-0.05, 0) is 43.7 Å². The molecule has 2 nitrogen and oxygen atoms in total. The van der Waals surface area contributed by atoms with Crippen LogP contribution >= 0.6 is 11.3 Å². The Hall–Kier alpha value is -1.19. The monoisotopic (exact) mass is 300 g/mol. The number of thiazole rings is 1. The van der Waals surface area contributed by atoms with Crippen molar-refractivity contribution < 1.29 is 0 Å². The van der Waals surface area contributed by atoms with Gasteiger partial charge in [-0.15, -0.1) is 11.3 Å². The summed E-state index contributed by atoms with van der Waals surface area (Å²) in [5, 5.41) is 4.93. The highest BCUT2D eigenvalue weighted by molar-refractivity contribution is 7.11. The highest BCUT2D eigenvalue weighted by Crippen LogP contribution is 2.34. The fourth-order valence-corrected chi connectivity index (χ4v) is 4.39. The third kappa shape index (κ3) is 3.35. The van der Waals surface area contributed by atoms with Crippen molar-refractivity contribution in [1.29, 1.82) is 0 Å². The van der Waals surface area contributed by atoms with Gasteiger partial charge in [0.15, 0.2) is 0 Å². The summed E-state index contributed by atoms with van der Waals surface area (Å²) in [6, 6.07) is 11.2. The molecule has 2 aromatic rings. The Balaban J connectivity index is 1.75. The molecule has 21 heavy (non-hydrogen) atoms. The Morgan fingerprint density at radius 1 is 1.24 bits per heavy atom. The van der Waals surface area contributed by atoms with Crippen LogP contribution in [0.5, 0.6) is 0 Å². The van der Waals surface area contributed by atoms with Crippen LogP contribution < -0.4 is 5.32 Å². The molecule has 0 aliphatic heterocycles. The third-order valence-corrected chi connectivity index (χ3v) is 5.59. The lowest BCUT2D eigenvalue weighted by molar-refractivity contribution is 0.474. The fourth-order valence-electron chi connectivity index (χ4n) is 3.15. The van der Waals surface area contributed by atoms with E-state index in [1.807, 2.05) is 11.3 Å². The van der Waals surface area contributed by atoms with Crippen LogP contribution in [0, 0.1) is 0 Å². The summed E-state index contributed by atoms with van der Waals surface area (Å²) in [7, 11) is 0. The van der Waals surface area contributed by atoms with Crippen molar-refractivity contribution in [2.24, 2.45) is 0 Å². The lowest BCUT2D eigenvalue weighted by Gasteiger charge is -2.20. The van der Waals surface area contributed by atoms with Crippen molar-refractivity contribution in [3.63, 3.8) is 0 Å². The number of fused-ring (bicyclic) bond motifs is 1. The summed E-state index contributed by atoms with van der Waals surface area (Å²) in [5.41, 5.74) is 2.79. The van der Waals surface area contributed by atoms with Gasteiger partial charge in [-0.2, -0.15) is 0 Å². The molecule has 0 spiro atoms. The number of nitrogens with one attached hydrogen (secondary N) is 1. The van der Waals surface area contributed by atoms with Crippen molar-refractivity contribution in [2.75, 3.05) is 6.54 Å². The molecule has 2 unspecified atom stereocenters. The molecule has 0 fully saturated rings. The normalized spacial score (nSPS) is 16.7. The Labute approximate surface area is 131 Å². The quantitative estimate of drug-likeness (QED) is 0.851. The van der Waals surface area contributed by atoms with E-state index in [1.165, 1.54) is 40.4 Å². The van der Waals surface area contributed by atoms with Gasteiger partial charge in [-0.3, -0.25) is 0 Å². The van der Waals surface area contributed by atoms with Gasteiger partial charge < -0.3 is 5.32 Å². The smallest absolute Gasteiger partial charge is 0.110 e. The topological polar surface area (TPSA) is 24.9 Å². The molecule has 1 heterocycles. The molecule has 0 saturated heterocycles. The molecule has 0 amide bonds. The van der Waals surface area contributed by atoms with Crippen LogP contribution in [0.2, 0.25) is 0 Å². The highest BCUT2D eigenvalue weighted by atomic mass is 32.1. The van der Waals surface area contributed by atoms with E-state index in [1.54, 1.807) is 0 Å². The Morgan fingerprint density at radius 2 is 2.05 bits per heavy atom. The standard InChI is InChI=1S/C18H24N2S/c1-3-19-16(12-13(2)14-8-5-4-6-9-14)18-20-15-10-7-11-17(15)21-18/h4-6,8-9,13,16,19H,3,7,10-12H2,1-2H3. The van der Waals surface area contributed by atoms with E-state index in [2.05, 4.69) is 49.5 Å². The minimum atomic E-state index is 0.390. The first-order chi connectivity index (χ1) is 10.3. The van der Waals surface area contributed by atoms with Crippen LogP contribution in [-0.2, 0) is 12.8 Å². The molecule has 0 saturated carbocycles. The third-order valence-electron chi connectivity index (χ3n) is 4.32. The van der Waals surface area contributed by atoms with Crippen LogP contribution in [0.25, 0.3) is 0 Å². The summed E-state index contributed by atoms with van der Waals surface area (Å²) >= 11 is 1.93. The summed E-state index contributed by atoms with van der Waals surface area (Å²) in [6.07, 6.45) is 4.82. The lowest BCUT2D eigenvalue weighted by atomic mass is 9.94. The van der Waals surface area contributed by atoms with Crippen molar-refractivity contribution in [3.8, 4) is 0 Å². The van der Waals surface area contributed by atoms with E-state index < -0.39 is 0 Å². The number of hydrogen-bond acceptors (Lipinski definition) is 3. The molecule has 0 radical (unpaired) electrons. The zero-order valence-corrected chi connectivity index (χ0v) is 13.7. The Bertz CT molecular complexity index is 555.